The highest BCUT2D eigenvalue weighted by Crippen LogP contribution is 2.35. The van der Waals surface area contributed by atoms with Gasteiger partial charge in [-0.2, -0.15) is 0 Å². The summed E-state index contributed by atoms with van der Waals surface area (Å²) in [4.78, 5) is 0. The van der Waals surface area contributed by atoms with E-state index in [0.717, 1.165) is 29.1 Å². The molecule has 0 saturated carbocycles. The molecule has 0 unspecified atom stereocenters. The van der Waals surface area contributed by atoms with E-state index in [1.807, 2.05) is 0 Å². The normalized spacial score (nSPS) is 12.9. The number of anilines is 1. The third kappa shape index (κ3) is 0.954. The van der Waals surface area contributed by atoms with Crippen LogP contribution in [0.3, 0.4) is 0 Å². The Bertz CT molecular complexity index is 488. The molecule has 0 amide bonds. The average molecular weight is 186 g/mol. The maximum absolute atomic E-state index is 5.23. The van der Waals surface area contributed by atoms with Crippen molar-refractivity contribution in [1.29, 1.82) is 0 Å². The fraction of sp³-hybridized carbons (Fsp3) is 0.182. The second-order valence-electron chi connectivity index (χ2n) is 3.58. The molecule has 3 rings (SSSR count). The van der Waals surface area contributed by atoms with Crippen LogP contribution in [-0.2, 0) is 6.54 Å². The fourth-order valence-electron chi connectivity index (χ4n) is 1.80. The molecule has 0 spiro atoms. The van der Waals surface area contributed by atoms with E-state index in [-0.39, 0.29) is 0 Å². The number of nitrogens with one attached hydrogen (secondary N) is 1. The predicted octanol–water partition coefficient (Wildman–Crippen LogP) is 2.58. The molecule has 0 bridgehead atoms. The number of rotatable bonds is 0. The van der Waals surface area contributed by atoms with Gasteiger partial charge in [-0.3, -0.25) is 0 Å². The van der Waals surface area contributed by atoms with Gasteiger partial charge >= 0.3 is 0 Å². The molecule has 0 aliphatic carbocycles. The zero-order valence-electron chi connectivity index (χ0n) is 7.87. The molecule has 2 aromatic rings. The maximum atomic E-state index is 5.23. The van der Waals surface area contributed by atoms with Gasteiger partial charge in [-0.15, -0.1) is 0 Å². The minimum atomic E-state index is 0.801. The van der Waals surface area contributed by atoms with E-state index < -0.39 is 0 Å². The summed E-state index contributed by atoms with van der Waals surface area (Å²) in [6, 6.07) is 6.28. The number of nitrogens with zero attached hydrogens (tertiary/aromatic N) is 1. The summed E-state index contributed by atoms with van der Waals surface area (Å²) in [5.41, 5.74) is 4.61. The molecule has 0 saturated heterocycles. The molecule has 3 heteroatoms. The van der Waals surface area contributed by atoms with E-state index in [1.54, 1.807) is 6.20 Å². The summed E-state index contributed by atoms with van der Waals surface area (Å²) in [5.74, 6) is 0.902. The first-order valence-corrected chi connectivity index (χ1v) is 4.63. The van der Waals surface area contributed by atoms with Crippen LogP contribution in [0.4, 0.5) is 5.69 Å². The Kier molecular flexibility index (Phi) is 1.42. The molecule has 70 valence electrons. The SMILES string of the molecule is Cc1ccc2c(c1)NCc1cnoc1-2. The van der Waals surface area contributed by atoms with Crippen LogP contribution in [0.5, 0.6) is 0 Å². The fourth-order valence-corrected chi connectivity index (χ4v) is 1.80. The molecule has 1 N–H and O–H groups in total. The van der Waals surface area contributed by atoms with Crippen LogP contribution < -0.4 is 5.32 Å². The van der Waals surface area contributed by atoms with Crippen molar-refractivity contribution >= 4 is 5.69 Å². The molecule has 1 aliphatic heterocycles. The standard InChI is InChI=1S/C11H10N2O/c1-7-2-3-9-10(4-7)12-5-8-6-13-14-11(8)9/h2-4,6,12H,5H2,1H3. The third-order valence-corrected chi connectivity index (χ3v) is 2.53. The molecule has 1 aliphatic rings. The summed E-state index contributed by atoms with van der Waals surface area (Å²) in [5, 5.41) is 7.16. The molecule has 3 nitrogen and oxygen atoms in total. The second-order valence-corrected chi connectivity index (χ2v) is 3.58. The lowest BCUT2D eigenvalue weighted by molar-refractivity contribution is 0.431. The maximum Gasteiger partial charge on any atom is 0.173 e. The van der Waals surface area contributed by atoms with Gasteiger partial charge in [0.25, 0.3) is 0 Å². The Morgan fingerprint density at radius 1 is 1.43 bits per heavy atom. The van der Waals surface area contributed by atoms with Crippen molar-refractivity contribution in [3.8, 4) is 11.3 Å². The predicted molar refractivity (Wildman–Crippen MR) is 54.0 cm³/mol. The van der Waals surface area contributed by atoms with Crippen molar-refractivity contribution in [2.45, 2.75) is 13.5 Å². The monoisotopic (exact) mass is 186 g/mol. The van der Waals surface area contributed by atoms with Gasteiger partial charge in [0, 0.05) is 23.4 Å². The van der Waals surface area contributed by atoms with Crippen LogP contribution in [0.15, 0.2) is 28.9 Å². The Balaban J connectivity index is 2.26. The van der Waals surface area contributed by atoms with Crippen LogP contribution in [0.25, 0.3) is 11.3 Å². The zero-order valence-corrected chi connectivity index (χ0v) is 7.87. The lowest BCUT2D eigenvalue weighted by Gasteiger charge is -2.16. The summed E-state index contributed by atoms with van der Waals surface area (Å²) in [6.45, 7) is 2.88. The highest BCUT2D eigenvalue weighted by molar-refractivity contribution is 5.79. The number of aromatic nitrogens is 1. The van der Waals surface area contributed by atoms with Gasteiger partial charge in [-0.25, -0.2) is 0 Å². The van der Waals surface area contributed by atoms with E-state index in [9.17, 15) is 0 Å². The summed E-state index contributed by atoms with van der Waals surface area (Å²) in [6.07, 6.45) is 1.77. The Labute approximate surface area is 81.7 Å². The summed E-state index contributed by atoms with van der Waals surface area (Å²) < 4.78 is 5.23. The number of benzene rings is 1. The smallest absolute Gasteiger partial charge is 0.173 e. The molecule has 0 radical (unpaired) electrons. The minimum Gasteiger partial charge on any atom is -0.380 e. The van der Waals surface area contributed by atoms with Gasteiger partial charge in [-0.05, 0) is 24.6 Å². The Morgan fingerprint density at radius 3 is 3.29 bits per heavy atom. The highest BCUT2D eigenvalue weighted by Gasteiger charge is 2.19. The van der Waals surface area contributed by atoms with Crippen LogP contribution in [0.2, 0.25) is 0 Å². The van der Waals surface area contributed by atoms with Crippen LogP contribution >= 0.6 is 0 Å². The van der Waals surface area contributed by atoms with E-state index in [4.69, 9.17) is 4.52 Å². The van der Waals surface area contributed by atoms with Crippen molar-refractivity contribution in [2.24, 2.45) is 0 Å². The van der Waals surface area contributed by atoms with Gasteiger partial charge in [0.15, 0.2) is 5.76 Å². The van der Waals surface area contributed by atoms with Gasteiger partial charge < -0.3 is 9.84 Å². The second kappa shape index (κ2) is 2.61. The third-order valence-electron chi connectivity index (χ3n) is 2.53. The molecule has 0 atom stereocenters. The first kappa shape index (κ1) is 7.62. The van der Waals surface area contributed by atoms with E-state index >= 15 is 0 Å². The summed E-state index contributed by atoms with van der Waals surface area (Å²) >= 11 is 0. The zero-order chi connectivity index (χ0) is 9.54. The largest absolute Gasteiger partial charge is 0.380 e. The van der Waals surface area contributed by atoms with Crippen molar-refractivity contribution in [3.05, 3.63) is 35.5 Å². The number of hydrogen-bond acceptors (Lipinski definition) is 3. The van der Waals surface area contributed by atoms with E-state index in [2.05, 4.69) is 35.6 Å². The molecule has 1 aromatic carbocycles. The van der Waals surface area contributed by atoms with Crippen molar-refractivity contribution in [3.63, 3.8) is 0 Å². The van der Waals surface area contributed by atoms with Crippen molar-refractivity contribution in [1.82, 2.24) is 5.16 Å². The van der Waals surface area contributed by atoms with Gasteiger partial charge in [0.05, 0.1) is 6.20 Å². The van der Waals surface area contributed by atoms with Crippen molar-refractivity contribution < 1.29 is 4.52 Å². The van der Waals surface area contributed by atoms with Crippen LogP contribution in [0.1, 0.15) is 11.1 Å². The minimum absolute atomic E-state index is 0.801. The first-order chi connectivity index (χ1) is 6.84. The van der Waals surface area contributed by atoms with Gasteiger partial charge in [-0.1, -0.05) is 11.2 Å². The van der Waals surface area contributed by atoms with E-state index in [0.29, 0.717) is 0 Å². The molecular formula is C11H10N2O. The quantitative estimate of drug-likeness (QED) is 0.687. The van der Waals surface area contributed by atoms with E-state index in [1.165, 1.54) is 5.56 Å². The Hall–Kier alpha value is -1.77. The molecule has 0 fully saturated rings. The lowest BCUT2D eigenvalue weighted by Crippen LogP contribution is -2.06. The number of hydrogen-bond donors (Lipinski definition) is 1. The molecule has 2 heterocycles. The molecule has 14 heavy (non-hydrogen) atoms. The Morgan fingerprint density at radius 2 is 2.36 bits per heavy atom. The lowest BCUT2D eigenvalue weighted by atomic mass is 10.0. The molecule has 1 aromatic heterocycles. The van der Waals surface area contributed by atoms with Crippen molar-refractivity contribution in [2.75, 3.05) is 5.32 Å². The molecular weight excluding hydrogens is 176 g/mol. The number of aryl methyl sites for hydroxylation is 1. The van der Waals surface area contributed by atoms with Gasteiger partial charge in [0.1, 0.15) is 0 Å². The topological polar surface area (TPSA) is 38.1 Å². The van der Waals surface area contributed by atoms with Crippen LogP contribution in [0, 0.1) is 6.92 Å². The first-order valence-electron chi connectivity index (χ1n) is 4.63. The summed E-state index contributed by atoms with van der Waals surface area (Å²) in [7, 11) is 0. The average Bonchev–Trinajstić information content (AvgIpc) is 2.65. The highest BCUT2D eigenvalue weighted by atomic mass is 16.5. The van der Waals surface area contributed by atoms with Crippen LogP contribution in [-0.4, -0.2) is 5.16 Å². The number of fused-ring (bicyclic) bond motifs is 3. The van der Waals surface area contributed by atoms with Gasteiger partial charge in [0.2, 0.25) is 0 Å².